The molecule has 0 radical (unpaired) electrons. The summed E-state index contributed by atoms with van der Waals surface area (Å²) >= 11 is 12.4. The standard InChI is InChI=1S/C24H23Cl2N3O3/c1-15(16-8-10-17(11-9-16)24(31)32-3)28-23(30)20-12-19(25)13-27-22(20)29(2)14-18-6-4-5-7-21(18)26/h4-13,15H,14H2,1-3H3,(H,28,30)/t15-/m0/s1. The lowest BCUT2D eigenvalue weighted by Gasteiger charge is -2.23. The van der Waals surface area contributed by atoms with Gasteiger partial charge >= 0.3 is 5.97 Å². The van der Waals surface area contributed by atoms with E-state index in [1.165, 1.54) is 13.3 Å². The van der Waals surface area contributed by atoms with E-state index in [0.717, 1.165) is 11.1 Å². The highest BCUT2D eigenvalue weighted by molar-refractivity contribution is 6.31. The molecule has 1 heterocycles. The summed E-state index contributed by atoms with van der Waals surface area (Å²) in [5, 5.41) is 3.97. The van der Waals surface area contributed by atoms with Crippen molar-refractivity contribution in [2.24, 2.45) is 0 Å². The van der Waals surface area contributed by atoms with E-state index in [2.05, 4.69) is 10.3 Å². The van der Waals surface area contributed by atoms with Crippen LogP contribution in [0, 0.1) is 0 Å². The second-order valence-electron chi connectivity index (χ2n) is 7.28. The lowest BCUT2D eigenvalue weighted by Crippen LogP contribution is -2.29. The maximum Gasteiger partial charge on any atom is 0.337 e. The average Bonchev–Trinajstić information content (AvgIpc) is 2.79. The number of carbonyl (C=O) groups excluding carboxylic acids is 2. The number of halogens is 2. The number of amides is 1. The number of pyridine rings is 1. The molecule has 1 amide bonds. The van der Waals surface area contributed by atoms with Crippen molar-refractivity contribution in [2.45, 2.75) is 19.5 Å². The first-order valence-corrected chi connectivity index (χ1v) is 10.6. The SMILES string of the molecule is COC(=O)c1ccc([C@H](C)NC(=O)c2cc(Cl)cnc2N(C)Cc2ccccc2Cl)cc1. The highest BCUT2D eigenvalue weighted by atomic mass is 35.5. The number of hydrogen-bond acceptors (Lipinski definition) is 5. The molecule has 0 aliphatic rings. The second kappa shape index (κ2) is 10.5. The molecule has 0 bridgehead atoms. The largest absolute Gasteiger partial charge is 0.465 e. The van der Waals surface area contributed by atoms with Crippen molar-refractivity contribution in [2.75, 3.05) is 19.1 Å². The Morgan fingerprint density at radius 3 is 2.47 bits per heavy atom. The van der Waals surface area contributed by atoms with Crippen LogP contribution < -0.4 is 10.2 Å². The van der Waals surface area contributed by atoms with E-state index in [1.807, 2.05) is 43.1 Å². The van der Waals surface area contributed by atoms with Crippen molar-refractivity contribution in [3.8, 4) is 0 Å². The third-order valence-electron chi connectivity index (χ3n) is 4.98. The molecule has 3 rings (SSSR count). The zero-order valence-corrected chi connectivity index (χ0v) is 19.4. The van der Waals surface area contributed by atoms with Crippen molar-refractivity contribution in [1.82, 2.24) is 10.3 Å². The molecular formula is C24H23Cl2N3O3. The molecule has 0 fully saturated rings. The van der Waals surface area contributed by atoms with Crippen LogP contribution in [-0.2, 0) is 11.3 Å². The van der Waals surface area contributed by atoms with Gasteiger partial charge in [0.15, 0.2) is 0 Å². The highest BCUT2D eigenvalue weighted by Gasteiger charge is 2.20. The van der Waals surface area contributed by atoms with Crippen molar-refractivity contribution in [3.05, 3.63) is 93.1 Å². The maximum atomic E-state index is 13.1. The number of anilines is 1. The summed E-state index contributed by atoms with van der Waals surface area (Å²) in [6.07, 6.45) is 1.51. The van der Waals surface area contributed by atoms with Crippen molar-refractivity contribution < 1.29 is 14.3 Å². The molecule has 2 aromatic carbocycles. The summed E-state index contributed by atoms with van der Waals surface area (Å²) in [5.74, 6) is -0.241. The van der Waals surface area contributed by atoms with Gasteiger partial charge in [0.05, 0.1) is 29.3 Å². The van der Waals surface area contributed by atoms with Gasteiger partial charge in [0.1, 0.15) is 5.82 Å². The minimum atomic E-state index is -0.413. The summed E-state index contributed by atoms with van der Waals surface area (Å²) in [4.78, 5) is 31.0. The summed E-state index contributed by atoms with van der Waals surface area (Å²) < 4.78 is 4.71. The number of hydrogen-bond donors (Lipinski definition) is 1. The molecule has 0 saturated heterocycles. The number of methoxy groups -OCH3 is 1. The number of nitrogens with zero attached hydrogens (tertiary/aromatic N) is 2. The normalized spacial score (nSPS) is 11.5. The fraction of sp³-hybridized carbons (Fsp3) is 0.208. The van der Waals surface area contributed by atoms with E-state index in [-0.39, 0.29) is 11.9 Å². The molecule has 0 aliphatic carbocycles. The Morgan fingerprint density at radius 2 is 1.81 bits per heavy atom. The van der Waals surface area contributed by atoms with E-state index in [9.17, 15) is 9.59 Å². The molecule has 0 aliphatic heterocycles. The van der Waals surface area contributed by atoms with Crippen LogP contribution in [-0.4, -0.2) is 31.0 Å². The first kappa shape index (κ1) is 23.6. The molecule has 1 N–H and O–H groups in total. The van der Waals surface area contributed by atoms with Crippen LogP contribution in [0.3, 0.4) is 0 Å². The topological polar surface area (TPSA) is 71.5 Å². The Balaban J connectivity index is 1.79. The predicted octanol–water partition coefficient (Wildman–Crippen LogP) is 5.30. The van der Waals surface area contributed by atoms with E-state index >= 15 is 0 Å². The minimum absolute atomic E-state index is 0.310. The zero-order valence-electron chi connectivity index (χ0n) is 17.9. The lowest BCUT2D eigenvalue weighted by molar-refractivity contribution is 0.0600. The predicted molar refractivity (Wildman–Crippen MR) is 126 cm³/mol. The quantitative estimate of drug-likeness (QED) is 0.473. The van der Waals surface area contributed by atoms with Crippen LogP contribution in [0.25, 0.3) is 0 Å². The van der Waals surface area contributed by atoms with Crippen LogP contribution in [0.15, 0.2) is 60.8 Å². The van der Waals surface area contributed by atoms with Gasteiger partial charge in [0.25, 0.3) is 5.91 Å². The minimum Gasteiger partial charge on any atom is -0.465 e. The Labute approximate surface area is 197 Å². The third-order valence-corrected chi connectivity index (χ3v) is 5.56. The fourth-order valence-corrected chi connectivity index (χ4v) is 3.60. The fourth-order valence-electron chi connectivity index (χ4n) is 3.24. The third kappa shape index (κ3) is 5.58. The lowest BCUT2D eigenvalue weighted by atomic mass is 10.1. The Hall–Kier alpha value is -3.09. The molecule has 0 saturated carbocycles. The number of carbonyl (C=O) groups is 2. The maximum absolute atomic E-state index is 13.1. The summed E-state index contributed by atoms with van der Waals surface area (Å²) in [6, 6.07) is 15.7. The molecule has 1 aromatic heterocycles. The number of ether oxygens (including phenoxy) is 1. The number of benzene rings is 2. The average molecular weight is 472 g/mol. The van der Waals surface area contributed by atoms with Crippen LogP contribution in [0.2, 0.25) is 10.0 Å². The van der Waals surface area contributed by atoms with Crippen LogP contribution >= 0.6 is 23.2 Å². The number of aromatic nitrogens is 1. The van der Waals surface area contributed by atoms with Gasteiger partial charge in [-0.1, -0.05) is 53.5 Å². The highest BCUT2D eigenvalue weighted by Crippen LogP contribution is 2.25. The van der Waals surface area contributed by atoms with Crippen LogP contribution in [0.5, 0.6) is 0 Å². The number of esters is 1. The Bertz CT molecular complexity index is 1120. The molecule has 0 unspecified atom stereocenters. The molecular weight excluding hydrogens is 449 g/mol. The molecule has 1 atom stereocenters. The second-order valence-corrected chi connectivity index (χ2v) is 8.12. The molecule has 32 heavy (non-hydrogen) atoms. The number of rotatable bonds is 7. The van der Waals surface area contributed by atoms with E-state index < -0.39 is 5.97 Å². The van der Waals surface area contributed by atoms with Gasteiger partial charge in [0.2, 0.25) is 0 Å². The van der Waals surface area contributed by atoms with Gasteiger partial charge in [0, 0.05) is 24.8 Å². The molecule has 3 aromatic rings. The van der Waals surface area contributed by atoms with Crippen LogP contribution in [0.4, 0.5) is 5.82 Å². The van der Waals surface area contributed by atoms with Crippen molar-refractivity contribution in [3.63, 3.8) is 0 Å². The number of nitrogens with one attached hydrogen (secondary N) is 1. The first-order chi connectivity index (χ1) is 15.3. The molecule has 6 nitrogen and oxygen atoms in total. The summed E-state index contributed by atoms with van der Waals surface area (Å²) in [6.45, 7) is 2.33. The Morgan fingerprint density at radius 1 is 1.12 bits per heavy atom. The van der Waals surface area contributed by atoms with Gasteiger partial charge in [-0.25, -0.2) is 9.78 Å². The van der Waals surface area contributed by atoms with Gasteiger partial charge in [-0.15, -0.1) is 0 Å². The van der Waals surface area contributed by atoms with Gasteiger partial charge in [-0.05, 0) is 42.3 Å². The first-order valence-electron chi connectivity index (χ1n) is 9.89. The van der Waals surface area contributed by atoms with Gasteiger partial charge in [-0.2, -0.15) is 0 Å². The van der Waals surface area contributed by atoms with Crippen LogP contribution in [0.1, 0.15) is 44.8 Å². The summed E-state index contributed by atoms with van der Waals surface area (Å²) in [5.41, 5.74) is 2.55. The van der Waals surface area contributed by atoms with Gasteiger partial charge < -0.3 is 15.0 Å². The molecule has 0 spiro atoms. The van der Waals surface area contributed by atoms with Crippen molar-refractivity contribution in [1.29, 1.82) is 0 Å². The molecule has 8 heteroatoms. The Kier molecular flexibility index (Phi) is 7.72. The monoisotopic (exact) mass is 471 g/mol. The summed E-state index contributed by atoms with van der Waals surface area (Å²) in [7, 11) is 3.17. The zero-order chi connectivity index (χ0) is 23.3. The van der Waals surface area contributed by atoms with E-state index in [4.69, 9.17) is 27.9 Å². The smallest absolute Gasteiger partial charge is 0.337 e. The molecule has 166 valence electrons. The van der Waals surface area contributed by atoms with E-state index in [1.54, 1.807) is 30.3 Å². The van der Waals surface area contributed by atoms with Crippen molar-refractivity contribution >= 4 is 40.9 Å². The van der Waals surface area contributed by atoms with E-state index in [0.29, 0.717) is 33.5 Å². The van der Waals surface area contributed by atoms with Gasteiger partial charge in [-0.3, -0.25) is 4.79 Å².